The number of aliphatic hydroxyl groups excluding tert-OH is 1. The maximum atomic E-state index is 11.8. The molecule has 0 saturated carbocycles. The SMILES string of the molecule is Cc1c(-c2nc3cc(CN4CC[C@@](C)(C(=O)O)C4)cc(C#N)c3o2)cccc1-c1cccc(-c2nc3c(s2)CN(C(O)CN(C)C)C3)c1C. The average Bonchev–Trinajstić information content (AvgIpc) is 3.84. The summed E-state index contributed by atoms with van der Waals surface area (Å²) in [6, 6.07) is 18.5. The minimum Gasteiger partial charge on any atom is -0.481 e. The van der Waals surface area contributed by atoms with E-state index >= 15 is 0 Å². The maximum Gasteiger partial charge on any atom is 0.310 e. The number of aliphatic carboxylic acids is 1. The Morgan fingerprint density at radius 3 is 2.43 bits per heavy atom. The first-order chi connectivity index (χ1) is 23.4. The van der Waals surface area contributed by atoms with Crippen LogP contribution < -0.4 is 0 Å². The zero-order chi connectivity index (χ0) is 34.6. The van der Waals surface area contributed by atoms with Gasteiger partial charge >= 0.3 is 5.97 Å². The molecule has 0 radical (unpaired) electrons. The molecule has 2 aliphatic heterocycles. The van der Waals surface area contributed by atoms with Gasteiger partial charge in [-0.1, -0.05) is 30.3 Å². The lowest BCUT2D eigenvalue weighted by Gasteiger charge is -2.25. The highest BCUT2D eigenvalue weighted by atomic mass is 32.1. The molecule has 2 N–H and O–H groups in total. The predicted molar refractivity (Wildman–Crippen MR) is 190 cm³/mol. The van der Waals surface area contributed by atoms with E-state index in [1.54, 1.807) is 18.3 Å². The van der Waals surface area contributed by atoms with Crippen LogP contribution >= 0.6 is 11.3 Å². The number of likely N-dealkylation sites (tertiary alicyclic amines) is 1. The van der Waals surface area contributed by atoms with Gasteiger partial charge in [0.2, 0.25) is 5.89 Å². The van der Waals surface area contributed by atoms with E-state index in [0.717, 1.165) is 49.6 Å². The van der Waals surface area contributed by atoms with Crippen molar-refractivity contribution in [3.63, 3.8) is 0 Å². The molecule has 252 valence electrons. The lowest BCUT2D eigenvalue weighted by Crippen LogP contribution is -2.38. The summed E-state index contributed by atoms with van der Waals surface area (Å²) in [6.07, 6.45) is 0.0662. The first-order valence-corrected chi connectivity index (χ1v) is 17.3. The molecule has 10 nitrogen and oxygen atoms in total. The minimum absolute atomic E-state index is 0.412. The maximum absolute atomic E-state index is 11.8. The number of likely N-dealkylation sites (N-methyl/N-ethyl adjacent to an activating group) is 1. The van der Waals surface area contributed by atoms with Crippen molar-refractivity contribution < 1.29 is 19.4 Å². The minimum atomic E-state index is -0.778. The zero-order valence-corrected chi connectivity index (χ0v) is 29.3. The number of carboxylic acid groups (broad SMARTS) is 1. The van der Waals surface area contributed by atoms with E-state index in [9.17, 15) is 20.3 Å². The predicted octanol–water partition coefficient (Wildman–Crippen LogP) is 6.27. The highest BCUT2D eigenvalue weighted by Crippen LogP contribution is 2.41. The van der Waals surface area contributed by atoms with Crippen molar-refractivity contribution >= 4 is 28.4 Å². The van der Waals surface area contributed by atoms with E-state index in [0.29, 0.717) is 68.2 Å². The van der Waals surface area contributed by atoms with Gasteiger partial charge in [-0.25, -0.2) is 9.97 Å². The Kier molecular flexibility index (Phi) is 8.63. The highest BCUT2D eigenvalue weighted by molar-refractivity contribution is 7.15. The molecule has 7 rings (SSSR count). The summed E-state index contributed by atoms with van der Waals surface area (Å²) in [5.41, 5.74) is 8.92. The van der Waals surface area contributed by atoms with E-state index in [4.69, 9.17) is 14.4 Å². The van der Waals surface area contributed by atoms with E-state index in [2.05, 4.69) is 54.0 Å². The number of hydrogen-bond acceptors (Lipinski definition) is 10. The van der Waals surface area contributed by atoms with Crippen LogP contribution in [-0.2, 0) is 24.4 Å². The number of aromatic nitrogens is 2. The summed E-state index contributed by atoms with van der Waals surface area (Å²) in [6.45, 7) is 9.60. The van der Waals surface area contributed by atoms with Gasteiger partial charge in [0, 0.05) is 48.7 Å². The van der Waals surface area contributed by atoms with Crippen molar-refractivity contribution in [1.82, 2.24) is 24.7 Å². The van der Waals surface area contributed by atoms with Crippen LogP contribution in [0.25, 0.3) is 44.3 Å². The molecule has 4 heterocycles. The number of nitriles is 1. The molecule has 0 bridgehead atoms. The number of aliphatic hydroxyl groups is 1. The van der Waals surface area contributed by atoms with Crippen molar-refractivity contribution in [3.05, 3.63) is 81.4 Å². The second-order valence-electron chi connectivity index (χ2n) is 13.9. The largest absolute Gasteiger partial charge is 0.481 e. The molecule has 2 aromatic heterocycles. The summed E-state index contributed by atoms with van der Waals surface area (Å²) in [4.78, 5) is 29.0. The third kappa shape index (κ3) is 6.16. The van der Waals surface area contributed by atoms with E-state index in [1.165, 1.54) is 4.88 Å². The molecule has 49 heavy (non-hydrogen) atoms. The van der Waals surface area contributed by atoms with Crippen molar-refractivity contribution in [2.24, 2.45) is 5.41 Å². The van der Waals surface area contributed by atoms with E-state index < -0.39 is 17.6 Å². The lowest BCUT2D eigenvalue weighted by atomic mass is 9.90. The fourth-order valence-corrected chi connectivity index (χ4v) is 8.33. The molecule has 5 aromatic rings. The van der Waals surface area contributed by atoms with Crippen molar-refractivity contribution in [2.45, 2.75) is 53.1 Å². The summed E-state index contributed by atoms with van der Waals surface area (Å²) < 4.78 is 6.28. The van der Waals surface area contributed by atoms with Gasteiger partial charge in [-0.3, -0.25) is 14.6 Å². The van der Waals surface area contributed by atoms with Crippen LogP contribution in [0.2, 0.25) is 0 Å². The molecule has 0 amide bonds. The number of oxazole rings is 1. The Morgan fingerprint density at radius 1 is 1.08 bits per heavy atom. The van der Waals surface area contributed by atoms with Crippen LogP contribution in [0.15, 0.2) is 52.9 Å². The number of nitrogens with zero attached hydrogens (tertiary/aromatic N) is 6. The molecule has 2 aliphatic rings. The Hall–Kier alpha value is -4.44. The second-order valence-corrected chi connectivity index (χ2v) is 15.0. The van der Waals surface area contributed by atoms with E-state index in [1.807, 2.05) is 43.3 Å². The Bertz CT molecular complexity index is 2110. The number of rotatable bonds is 9. The monoisotopic (exact) mass is 676 g/mol. The molecule has 1 fully saturated rings. The van der Waals surface area contributed by atoms with Crippen LogP contribution in [0.5, 0.6) is 0 Å². The molecule has 0 spiro atoms. The Balaban J connectivity index is 1.17. The van der Waals surface area contributed by atoms with Crippen LogP contribution in [-0.4, -0.2) is 80.8 Å². The van der Waals surface area contributed by atoms with Crippen LogP contribution in [0, 0.1) is 30.6 Å². The van der Waals surface area contributed by atoms with Gasteiger partial charge < -0.3 is 19.5 Å². The van der Waals surface area contributed by atoms with Crippen molar-refractivity contribution in [1.29, 1.82) is 5.26 Å². The number of thiazole rings is 1. The Morgan fingerprint density at radius 2 is 1.78 bits per heavy atom. The molecular formula is C38H40N6O4S. The normalized spacial score (nSPS) is 18.7. The van der Waals surface area contributed by atoms with Gasteiger partial charge in [-0.15, -0.1) is 11.3 Å². The van der Waals surface area contributed by atoms with Gasteiger partial charge in [0.15, 0.2) is 5.58 Å². The van der Waals surface area contributed by atoms with Gasteiger partial charge in [0.05, 0.1) is 16.7 Å². The topological polar surface area (TPSA) is 130 Å². The fourth-order valence-electron chi connectivity index (χ4n) is 7.15. The van der Waals surface area contributed by atoms with E-state index in [-0.39, 0.29) is 0 Å². The number of benzene rings is 3. The number of fused-ring (bicyclic) bond motifs is 2. The number of carbonyl (C=O) groups is 1. The molecule has 11 heteroatoms. The standard InChI is InChI=1S/C38H40N6O4S/c1-22-26(27-9-7-11-29(23(27)2)36-41-31-18-44(19-32(31)49-36)33(45)20-42(4)5)8-6-10-28(22)35-40-30-15-24(14-25(16-39)34(30)48-35)17-43-13-12-38(3,21-43)37(46)47/h6-11,14-15,33,45H,12-13,17-21H2,1-5H3,(H,46,47)/t33?,38-/m1/s1. The van der Waals surface area contributed by atoms with Gasteiger partial charge in [-0.2, -0.15) is 5.26 Å². The van der Waals surface area contributed by atoms with Crippen LogP contribution in [0.3, 0.4) is 0 Å². The molecule has 1 unspecified atom stereocenters. The van der Waals surface area contributed by atoms with Gasteiger partial charge in [0.25, 0.3) is 0 Å². The van der Waals surface area contributed by atoms with Crippen molar-refractivity contribution in [2.75, 3.05) is 33.7 Å². The summed E-state index contributed by atoms with van der Waals surface area (Å²) in [7, 11) is 3.92. The van der Waals surface area contributed by atoms with Crippen LogP contribution in [0.4, 0.5) is 0 Å². The molecule has 1 saturated heterocycles. The molecule has 2 atom stereocenters. The average molecular weight is 677 g/mol. The number of hydrogen-bond donors (Lipinski definition) is 2. The molecular weight excluding hydrogens is 637 g/mol. The molecule has 3 aromatic carbocycles. The second kappa shape index (κ2) is 12.8. The highest BCUT2D eigenvalue weighted by Gasteiger charge is 2.40. The number of carboxylic acids is 1. The van der Waals surface area contributed by atoms with Gasteiger partial charge in [-0.05, 0) is 93.8 Å². The van der Waals surface area contributed by atoms with Crippen molar-refractivity contribution in [3.8, 4) is 39.2 Å². The lowest BCUT2D eigenvalue weighted by molar-refractivity contribution is -0.147. The van der Waals surface area contributed by atoms with Gasteiger partial charge in [0.1, 0.15) is 22.8 Å². The zero-order valence-electron chi connectivity index (χ0n) is 28.4. The third-order valence-electron chi connectivity index (χ3n) is 9.99. The van der Waals surface area contributed by atoms with Crippen LogP contribution in [0.1, 0.15) is 46.2 Å². The summed E-state index contributed by atoms with van der Waals surface area (Å²) in [5, 5.41) is 31.3. The smallest absolute Gasteiger partial charge is 0.310 e. The first kappa shape index (κ1) is 33.1. The first-order valence-electron chi connectivity index (χ1n) is 16.5. The molecule has 0 aliphatic carbocycles. The Labute approximate surface area is 289 Å². The quantitative estimate of drug-likeness (QED) is 0.184. The summed E-state index contributed by atoms with van der Waals surface area (Å²) in [5.74, 6) is -0.326. The third-order valence-corrected chi connectivity index (χ3v) is 11.1. The summed E-state index contributed by atoms with van der Waals surface area (Å²) >= 11 is 1.70. The fraction of sp³-hybridized carbons (Fsp3) is 0.368.